The minimum absolute atomic E-state index is 0.197. The van der Waals surface area contributed by atoms with Crippen LogP contribution in [0.2, 0.25) is 0 Å². The first-order valence-electron chi connectivity index (χ1n) is 6.76. The Labute approximate surface area is 115 Å². The zero-order chi connectivity index (χ0) is 14.5. The van der Waals surface area contributed by atoms with Crippen molar-refractivity contribution >= 4 is 16.0 Å². The molecule has 7 heteroatoms. The van der Waals surface area contributed by atoms with Crippen molar-refractivity contribution in [3.63, 3.8) is 0 Å². The number of hydrogen-bond acceptors (Lipinski definition) is 5. The Morgan fingerprint density at radius 1 is 1.21 bits per heavy atom. The second-order valence-electron chi connectivity index (χ2n) is 4.75. The van der Waals surface area contributed by atoms with Gasteiger partial charge < -0.3 is 4.74 Å². The molecule has 0 aromatic rings. The summed E-state index contributed by atoms with van der Waals surface area (Å²) in [6, 6.07) is -0.244. The van der Waals surface area contributed by atoms with E-state index in [1.54, 1.807) is 6.92 Å². The quantitative estimate of drug-likeness (QED) is 0.659. The molecule has 6 nitrogen and oxygen atoms in total. The third-order valence-electron chi connectivity index (χ3n) is 3.30. The number of sulfonamides is 1. The van der Waals surface area contributed by atoms with Crippen LogP contribution in [0.1, 0.15) is 26.7 Å². The fourth-order valence-electron chi connectivity index (χ4n) is 2.31. The average molecular weight is 292 g/mol. The van der Waals surface area contributed by atoms with Crippen LogP contribution in [0.15, 0.2) is 0 Å². The van der Waals surface area contributed by atoms with Crippen LogP contribution in [0.5, 0.6) is 0 Å². The molecule has 1 rings (SSSR count). The predicted molar refractivity (Wildman–Crippen MR) is 73.3 cm³/mol. The number of carbonyl (C=O) groups excluding carboxylic acids is 1. The van der Waals surface area contributed by atoms with Gasteiger partial charge in [0.25, 0.3) is 0 Å². The van der Waals surface area contributed by atoms with Crippen LogP contribution in [0, 0.1) is 0 Å². The largest absolute Gasteiger partial charge is 0.465 e. The smallest absolute Gasteiger partial charge is 0.323 e. The van der Waals surface area contributed by atoms with Gasteiger partial charge in [-0.05, 0) is 13.3 Å². The molecule has 0 aromatic carbocycles. The number of nitrogens with zero attached hydrogens (tertiary/aromatic N) is 2. The van der Waals surface area contributed by atoms with Crippen molar-refractivity contribution in [2.24, 2.45) is 0 Å². The van der Waals surface area contributed by atoms with Crippen LogP contribution in [0.4, 0.5) is 0 Å². The van der Waals surface area contributed by atoms with E-state index in [9.17, 15) is 13.2 Å². The summed E-state index contributed by atoms with van der Waals surface area (Å²) < 4.78 is 29.4. The van der Waals surface area contributed by atoms with E-state index < -0.39 is 10.0 Å². The minimum Gasteiger partial charge on any atom is -0.465 e. The van der Waals surface area contributed by atoms with Gasteiger partial charge in [-0.1, -0.05) is 13.3 Å². The van der Waals surface area contributed by atoms with Gasteiger partial charge in [0.15, 0.2) is 0 Å². The molecular formula is C12H24N2O4S. The summed E-state index contributed by atoms with van der Waals surface area (Å²) in [5.74, 6) is -0.197. The maximum absolute atomic E-state index is 11.9. The summed E-state index contributed by atoms with van der Waals surface area (Å²) in [7, 11) is -3.13. The van der Waals surface area contributed by atoms with Crippen LogP contribution < -0.4 is 0 Å². The Bertz CT molecular complexity index is 389. The maximum atomic E-state index is 11.9. The lowest BCUT2D eigenvalue weighted by Gasteiger charge is -2.37. The van der Waals surface area contributed by atoms with Gasteiger partial charge in [0.05, 0.1) is 12.9 Å². The Hall–Kier alpha value is -0.660. The van der Waals surface area contributed by atoms with Gasteiger partial charge in [-0.25, -0.2) is 8.42 Å². The van der Waals surface area contributed by atoms with Gasteiger partial charge in [-0.3, -0.25) is 9.69 Å². The molecule has 0 spiro atoms. The summed E-state index contributed by atoms with van der Waals surface area (Å²) in [5.41, 5.74) is 0. The van der Waals surface area contributed by atoms with Gasteiger partial charge in [0.1, 0.15) is 6.04 Å². The van der Waals surface area contributed by atoms with Gasteiger partial charge in [0.2, 0.25) is 10.0 Å². The van der Waals surface area contributed by atoms with E-state index in [2.05, 4.69) is 0 Å². The zero-order valence-corrected chi connectivity index (χ0v) is 12.8. The molecule has 1 aliphatic rings. The Morgan fingerprint density at radius 2 is 1.79 bits per heavy atom. The predicted octanol–water partition coefficient (Wildman–Crippen LogP) is 0.295. The zero-order valence-electron chi connectivity index (χ0n) is 12.0. The molecule has 1 unspecified atom stereocenters. The molecule has 1 heterocycles. The summed E-state index contributed by atoms with van der Waals surface area (Å²) in [6.07, 6.45) is 2.87. The first-order chi connectivity index (χ1) is 8.90. The van der Waals surface area contributed by atoms with E-state index in [0.717, 1.165) is 12.8 Å². The molecule has 0 bridgehead atoms. The first kappa shape index (κ1) is 16.4. The van der Waals surface area contributed by atoms with Crippen LogP contribution in [-0.4, -0.2) is 68.7 Å². The lowest BCUT2D eigenvalue weighted by atomic mass is 10.1. The third kappa shape index (κ3) is 4.74. The third-order valence-corrected chi connectivity index (χ3v) is 4.61. The number of hydrogen-bond donors (Lipinski definition) is 0. The normalized spacial score (nSPS) is 20.2. The summed E-state index contributed by atoms with van der Waals surface area (Å²) >= 11 is 0. The molecule has 112 valence electrons. The highest BCUT2D eigenvalue weighted by Crippen LogP contribution is 2.14. The molecular weight excluding hydrogens is 268 g/mol. The second-order valence-corrected chi connectivity index (χ2v) is 6.74. The number of ether oxygens (including phenoxy) is 1. The van der Waals surface area contributed by atoms with E-state index >= 15 is 0 Å². The second kappa shape index (κ2) is 7.21. The van der Waals surface area contributed by atoms with E-state index in [0.29, 0.717) is 32.8 Å². The minimum atomic E-state index is -3.13. The Balaban J connectivity index is 2.62. The Kier molecular flexibility index (Phi) is 6.22. The van der Waals surface area contributed by atoms with Gasteiger partial charge >= 0.3 is 5.97 Å². The van der Waals surface area contributed by atoms with E-state index in [1.807, 2.05) is 11.8 Å². The monoisotopic (exact) mass is 292 g/mol. The van der Waals surface area contributed by atoms with Crippen molar-refractivity contribution in [2.75, 3.05) is 39.0 Å². The molecule has 1 fully saturated rings. The molecule has 19 heavy (non-hydrogen) atoms. The molecule has 1 aliphatic heterocycles. The standard InChI is InChI=1S/C12H24N2O4S/c1-4-6-11(12(15)18-5-2)13-7-9-14(10-8-13)19(3,16)17/h11H,4-10H2,1-3H3. The average Bonchev–Trinajstić information content (AvgIpc) is 2.35. The molecule has 0 aliphatic carbocycles. The highest BCUT2D eigenvalue weighted by atomic mass is 32.2. The van der Waals surface area contributed by atoms with Crippen LogP contribution >= 0.6 is 0 Å². The number of rotatable bonds is 6. The lowest BCUT2D eigenvalue weighted by Crippen LogP contribution is -2.54. The SMILES string of the molecule is CCCC(C(=O)OCC)N1CCN(S(C)(=O)=O)CC1. The molecule has 0 radical (unpaired) electrons. The molecule has 1 saturated heterocycles. The van der Waals surface area contributed by atoms with E-state index in [1.165, 1.54) is 10.6 Å². The fraction of sp³-hybridized carbons (Fsp3) is 0.917. The van der Waals surface area contributed by atoms with Crippen LogP contribution in [0.3, 0.4) is 0 Å². The molecule has 0 amide bonds. The van der Waals surface area contributed by atoms with Crippen molar-refractivity contribution in [2.45, 2.75) is 32.7 Å². The van der Waals surface area contributed by atoms with E-state index in [-0.39, 0.29) is 12.0 Å². The van der Waals surface area contributed by atoms with Gasteiger partial charge in [0, 0.05) is 26.2 Å². The van der Waals surface area contributed by atoms with Crippen molar-refractivity contribution in [1.82, 2.24) is 9.21 Å². The van der Waals surface area contributed by atoms with Crippen LogP contribution in [-0.2, 0) is 19.6 Å². The number of esters is 1. The molecule has 0 saturated carbocycles. The molecule has 0 N–H and O–H groups in total. The summed E-state index contributed by atoms with van der Waals surface area (Å²) in [4.78, 5) is 13.9. The van der Waals surface area contributed by atoms with Crippen molar-refractivity contribution in [1.29, 1.82) is 0 Å². The molecule has 1 atom stereocenters. The highest BCUT2D eigenvalue weighted by Gasteiger charge is 2.31. The number of carbonyl (C=O) groups is 1. The van der Waals surface area contributed by atoms with E-state index in [4.69, 9.17) is 4.74 Å². The first-order valence-corrected chi connectivity index (χ1v) is 8.60. The van der Waals surface area contributed by atoms with Crippen molar-refractivity contribution in [3.8, 4) is 0 Å². The van der Waals surface area contributed by atoms with Gasteiger partial charge in [-0.2, -0.15) is 4.31 Å². The lowest BCUT2D eigenvalue weighted by molar-refractivity contribution is -0.150. The van der Waals surface area contributed by atoms with Gasteiger partial charge in [-0.15, -0.1) is 0 Å². The van der Waals surface area contributed by atoms with Crippen molar-refractivity contribution in [3.05, 3.63) is 0 Å². The molecule has 0 aromatic heterocycles. The highest BCUT2D eigenvalue weighted by molar-refractivity contribution is 7.88. The summed E-state index contributed by atoms with van der Waals surface area (Å²) in [6.45, 7) is 6.24. The maximum Gasteiger partial charge on any atom is 0.323 e. The Morgan fingerprint density at radius 3 is 2.21 bits per heavy atom. The number of piperazine rings is 1. The topological polar surface area (TPSA) is 66.9 Å². The summed E-state index contributed by atoms with van der Waals surface area (Å²) in [5, 5.41) is 0. The fourth-order valence-corrected chi connectivity index (χ4v) is 3.13. The van der Waals surface area contributed by atoms with Crippen LogP contribution in [0.25, 0.3) is 0 Å². The van der Waals surface area contributed by atoms with Crippen molar-refractivity contribution < 1.29 is 17.9 Å².